The van der Waals surface area contributed by atoms with E-state index in [1.54, 1.807) is 0 Å². The molecule has 0 spiro atoms. The average Bonchev–Trinajstić information content (AvgIpc) is 2.44. The number of aromatic amines is 1. The Morgan fingerprint density at radius 2 is 2.14 bits per heavy atom. The number of pyridine rings is 1. The van der Waals surface area contributed by atoms with Crippen molar-refractivity contribution in [2.24, 2.45) is 0 Å². The van der Waals surface area contributed by atoms with Crippen molar-refractivity contribution in [3.05, 3.63) is 46.2 Å². The second-order valence-corrected chi connectivity index (χ2v) is 4.94. The maximum absolute atomic E-state index is 11.7. The number of aliphatic hydroxyl groups is 1. The number of carbonyl (C=O) groups excluding carboxylic acids is 1. The van der Waals surface area contributed by atoms with Gasteiger partial charge in [0.15, 0.2) is 0 Å². The second kappa shape index (κ2) is 6.90. The zero-order valence-corrected chi connectivity index (χ0v) is 11.8. The molecule has 0 radical (unpaired) electrons. The molecule has 1 atom stereocenters. The highest BCUT2D eigenvalue weighted by Gasteiger charge is 2.08. The standard InChI is InChI=1S/C15H19N3O3/c1-10(6-7-19)17-15(21)16-9-11-8-14(20)18-13-5-3-2-4-12(11)13/h2-5,8,10,19H,6-7,9H2,1H3,(H,18,20)(H2,16,17,21)/t10-/m1/s1. The molecule has 2 aromatic rings. The molecule has 21 heavy (non-hydrogen) atoms. The van der Waals surface area contributed by atoms with E-state index in [2.05, 4.69) is 15.6 Å². The van der Waals surface area contributed by atoms with E-state index in [1.165, 1.54) is 6.07 Å². The maximum atomic E-state index is 11.7. The number of H-pyrrole nitrogens is 1. The van der Waals surface area contributed by atoms with Gasteiger partial charge in [-0.15, -0.1) is 0 Å². The number of para-hydroxylation sites is 1. The van der Waals surface area contributed by atoms with Crippen LogP contribution in [0.5, 0.6) is 0 Å². The van der Waals surface area contributed by atoms with Crippen molar-refractivity contribution in [2.45, 2.75) is 25.9 Å². The number of hydrogen-bond donors (Lipinski definition) is 4. The number of benzene rings is 1. The minimum Gasteiger partial charge on any atom is -0.396 e. The first kappa shape index (κ1) is 15.1. The molecule has 1 aromatic heterocycles. The number of carbonyl (C=O) groups is 1. The van der Waals surface area contributed by atoms with Crippen LogP contribution >= 0.6 is 0 Å². The lowest BCUT2D eigenvalue weighted by Gasteiger charge is -2.14. The Hall–Kier alpha value is -2.34. The second-order valence-electron chi connectivity index (χ2n) is 4.94. The number of nitrogens with one attached hydrogen (secondary N) is 3. The van der Waals surface area contributed by atoms with Gasteiger partial charge >= 0.3 is 6.03 Å². The first-order valence-corrected chi connectivity index (χ1v) is 6.86. The predicted molar refractivity (Wildman–Crippen MR) is 81.1 cm³/mol. The Kier molecular flexibility index (Phi) is 4.94. The molecule has 6 heteroatoms. The van der Waals surface area contributed by atoms with Gasteiger partial charge < -0.3 is 20.7 Å². The summed E-state index contributed by atoms with van der Waals surface area (Å²) in [5, 5.41) is 15.1. The molecule has 4 N–H and O–H groups in total. The lowest BCUT2D eigenvalue weighted by atomic mass is 10.1. The topological polar surface area (TPSA) is 94.2 Å². The van der Waals surface area contributed by atoms with Crippen molar-refractivity contribution in [2.75, 3.05) is 6.61 Å². The summed E-state index contributed by atoms with van der Waals surface area (Å²) in [5.74, 6) is 0. The Balaban J connectivity index is 2.07. The monoisotopic (exact) mass is 289 g/mol. The number of urea groups is 1. The summed E-state index contributed by atoms with van der Waals surface area (Å²) in [5.41, 5.74) is 1.31. The fourth-order valence-electron chi connectivity index (χ4n) is 2.14. The SMILES string of the molecule is C[C@H](CCO)NC(=O)NCc1cc(=O)[nH]c2ccccc12. The third kappa shape index (κ3) is 4.06. The van der Waals surface area contributed by atoms with Gasteiger partial charge in [0.2, 0.25) is 5.56 Å². The molecule has 2 rings (SSSR count). The van der Waals surface area contributed by atoms with E-state index in [-0.39, 0.29) is 30.8 Å². The van der Waals surface area contributed by atoms with Crippen LogP contribution < -0.4 is 16.2 Å². The fraction of sp³-hybridized carbons (Fsp3) is 0.333. The van der Waals surface area contributed by atoms with E-state index in [0.717, 1.165) is 16.5 Å². The smallest absolute Gasteiger partial charge is 0.315 e. The molecule has 0 bridgehead atoms. The zero-order chi connectivity index (χ0) is 15.2. The summed E-state index contributed by atoms with van der Waals surface area (Å²) in [6, 6.07) is 8.51. The van der Waals surface area contributed by atoms with Crippen LogP contribution in [-0.4, -0.2) is 28.8 Å². The number of amides is 2. The number of aromatic nitrogens is 1. The van der Waals surface area contributed by atoms with E-state index in [4.69, 9.17) is 5.11 Å². The summed E-state index contributed by atoms with van der Waals surface area (Å²) >= 11 is 0. The van der Waals surface area contributed by atoms with E-state index >= 15 is 0 Å². The lowest BCUT2D eigenvalue weighted by Crippen LogP contribution is -2.40. The molecular weight excluding hydrogens is 270 g/mol. The van der Waals surface area contributed by atoms with E-state index in [0.29, 0.717) is 6.42 Å². The van der Waals surface area contributed by atoms with Crippen LogP contribution in [-0.2, 0) is 6.54 Å². The van der Waals surface area contributed by atoms with Crippen LogP contribution in [0.3, 0.4) is 0 Å². The molecule has 1 aromatic carbocycles. The Morgan fingerprint density at radius 1 is 1.38 bits per heavy atom. The third-order valence-electron chi connectivity index (χ3n) is 3.22. The van der Waals surface area contributed by atoms with Gasteiger partial charge in [0.25, 0.3) is 0 Å². The van der Waals surface area contributed by atoms with Gasteiger partial charge in [0.1, 0.15) is 0 Å². The van der Waals surface area contributed by atoms with Gasteiger partial charge in [-0.3, -0.25) is 4.79 Å². The van der Waals surface area contributed by atoms with E-state index in [9.17, 15) is 9.59 Å². The van der Waals surface area contributed by atoms with Crippen LogP contribution in [0.25, 0.3) is 10.9 Å². The Morgan fingerprint density at radius 3 is 2.90 bits per heavy atom. The molecule has 112 valence electrons. The molecule has 0 unspecified atom stereocenters. The Labute approximate surface area is 122 Å². The summed E-state index contributed by atoms with van der Waals surface area (Å²) in [4.78, 5) is 26.1. The molecule has 0 aliphatic rings. The first-order valence-electron chi connectivity index (χ1n) is 6.86. The predicted octanol–water partition coefficient (Wildman–Crippen LogP) is 1.10. The van der Waals surface area contributed by atoms with E-state index < -0.39 is 0 Å². The minimum absolute atomic E-state index is 0.0279. The number of fused-ring (bicyclic) bond motifs is 1. The highest BCUT2D eigenvalue weighted by molar-refractivity contribution is 5.82. The summed E-state index contributed by atoms with van der Waals surface area (Å²) < 4.78 is 0. The molecule has 0 saturated carbocycles. The van der Waals surface area contributed by atoms with Crippen molar-refractivity contribution >= 4 is 16.9 Å². The third-order valence-corrected chi connectivity index (χ3v) is 3.22. The van der Waals surface area contributed by atoms with Crippen LogP contribution in [0.15, 0.2) is 35.1 Å². The van der Waals surface area contributed by atoms with Crippen molar-refractivity contribution in [3.8, 4) is 0 Å². The van der Waals surface area contributed by atoms with Gasteiger partial charge in [-0.2, -0.15) is 0 Å². The summed E-state index contributed by atoms with van der Waals surface area (Å²) in [6.07, 6.45) is 0.501. The molecule has 0 aliphatic heterocycles. The molecular formula is C15H19N3O3. The van der Waals surface area contributed by atoms with Gasteiger partial charge in [-0.05, 0) is 25.0 Å². The largest absolute Gasteiger partial charge is 0.396 e. The van der Waals surface area contributed by atoms with Gasteiger partial charge in [0, 0.05) is 36.2 Å². The van der Waals surface area contributed by atoms with Gasteiger partial charge in [-0.25, -0.2) is 4.79 Å². The number of hydrogen-bond acceptors (Lipinski definition) is 3. The summed E-state index contributed by atoms with van der Waals surface area (Å²) in [6.45, 7) is 2.11. The van der Waals surface area contributed by atoms with E-state index in [1.807, 2.05) is 31.2 Å². The lowest BCUT2D eigenvalue weighted by molar-refractivity contribution is 0.230. The van der Waals surface area contributed by atoms with Crippen molar-refractivity contribution < 1.29 is 9.90 Å². The molecule has 0 aliphatic carbocycles. The molecule has 6 nitrogen and oxygen atoms in total. The van der Waals surface area contributed by atoms with Crippen LogP contribution in [0.2, 0.25) is 0 Å². The zero-order valence-electron chi connectivity index (χ0n) is 11.8. The van der Waals surface area contributed by atoms with Crippen molar-refractivity contribution in [1.82, 2.24) is 15.6 Å². The fourth-order valence-corrected chi connectivity index (χ4v) is 2.14. The average molecular weight is 289 g/mol. The maximum Gasteiger partial charge on any atom is 0.315 e. The highest BCUT2D eigenvalue weighted by Crippen LogP contribution is 2.13. The quantitative estimate of drug-likeness (QED) is 0.664. The normalized spacial score (nSPS) is 12.1. The van der Waals surface area contributed by atoms with Gasteiger partial charge in [-0.1, -0.05) is 18.2 Å². The van der Waals surface area contributed by atoms with Crippen LogP contribution in [0, 0.1) is 0 Å². The Bertz CT molecular complexity index is 681. The number of aliphatic hydroxyl groups excluding tert-OH is 1. The van der Waals surface area contributed by atoms with Crippen LogP contribution in [0.4, 0.5) is 4.79 Å². The molecule has 1 heterocycles. The highest BCUT2D eigenvalue weighted by atomic mass is 16.3. The van der Waals surface area contributed by atoms with Crippen LogP contribution in [0.1, 0.15) is 18.9 Å². The number of rotatable bonds is 5. The van der Waals surface area contributed by atoms with Crippen molar-refractivity contribution in [3.63, 3.8) is 0 Å². The molecule has 0 saturated heterocycles. The van der Waals surface area contributed by atoms with Gasteiger partial charge in [0.05, 0.1) is 0 Å². The first-order chi connectivity index (χ1) is 10.1. The summed E-state index contributed by atoms with van der Waals surface area (Å²) in [7, 11) is 0. The molecule has 2 amide bonds. The molecule has 0 fully saturated rings. The minimum atomic E-state index is -0.319. The van der Waals surface area contributed by atoms with Crippen molar-refractivity contribution in [1.29, 1.82) is 0 Å².